The van der Waals surface area contributed by atoms with E-state index in [4.69, 9.17) is 19.7 Å². The molecule has 2 atom stereocenters. The van der Waals surface area contributed by atoms with Crippen molar-refractivity contribution in [2.45, 2.75) is 61.5 Å². The third kappa shape index (κ3) is 15.5. The molecule has 0 saturated carbocycles. The van der Waals surface area contributed by atoms with E-state index in [-0.39, 0.29) is 10.8 Å². The maximum atomic E-state index is 11.0. The van der Waals surface area contributed by atoms with Crippen molar-refractivity contribution in [3.8, 4) is 0 Å². The van der Waals surface area contributed by atoms with E-state index in [1.54, 1.807) is 0 Å². The molecule has 16 nitrogen and oxygen atoms in total. The number of benzene rings is 2. The van der Waals surface area contributed by atoms with Crippen LogP contribution in [-0.4, -0.2) is 136 Å². The van der Waals surface area contributed by atoms with Crippen LogP contribution < -0.4 is 0 Å². The van der Waals surface area contributed by atoms with Crippen LogP contribution in [0.4, 0.5) is 0 Å². The van der Waals surface area contributed by atoms with Crippen LogP contribution in [-0.2, 0) is 48.9 Å². The summed E-state index contributed by atoms with van der Waals surface area (Å²) in [5, 5.41) is 17.8. The molecule has 2 rings (SSSR count). The van der Waals surface area contributed by atoms with Gasteiger partial charge in [-0.2, -0.15) is 0 Å². The molecule has 0 aromatic heterocycles. The molecule has 272 valence electrons. The number of esters is 2. The monoisotopic (exact) mass is 722 g/mol. The smallest absolute Gasteiger partial charge is 0.348 e. The van der Waals surface area contributed by atoms with Gasteiger partial charge in [0.05, 0.1) is 65.2 Å². The molecule has 0 spiro atoms. The summed E-state index contributed by atoms with van der Waals surface area (Å²) < 4.78 is 77.1. The second-order valence-electron chi connectivity index (χ2n) is 13.3. The standard InChI is InChI=1S/2C10H19NO4.C10H8O6S2/c2*1-8(12)15-10(2,9(13)14)6-7-11(3,4)5;11-17(12,13)9-5-1-3-7-8(9)4-2-6-10(7)18(14,15)16/h2*6-7H2,1-5H3;1-6H,(H,11,12,13)(H,14,15,16). The molecule has 0 fully saturated rings. The molecular weight excluding hydrogens is 676 g/mol. The number of carboxylic acid groups (broad SMARTS) is 2. The topological polar surface area (TPSA) is 242 Å². The average molecular weight is 723 g/mol. The third-order valence-corrected chi connectivity index (χ3v) is 8.33. The van der Waals surface area contributed by atoms with Crippen molar-refractivity contribution in [1.82, 2.24) is 0 Å². The summed E-state index contributed by atoms with van der Waals surface area (Å²) in [5.74, 6) is -3.35. The number of hydrogen-bond donors (Lipinski definition) is 2. The Morgan fingerprint density at radius 3 is 1.10 bits per heavy atom. The SMILES string of the molecule is CC(=O)OC(C)(CC[N+](C)(C)C)C(=O)O.CC(=O)OC(C)(CC[N+](C)(C)C)C(=O)O.O=S(=O)([O-])c1cccc2c(S(=O)(=O)[O-])cccc12. The first kappa shape index (κ1) is 44.3. The Bertz CT molecular complexity index is 1570. The van der Waals surface area contributed by atoms with Gasteiger partial charge in [0.1, 0.15) is 20.2 Å². The zero-order chi connectivity index (χ0) is 38.1. The lowest BCUT2D eigenvalue weighted by molar-refractivity contribution is -0.871. The van der Waals surface area contributed by atoms with Gasteiger partial charge in [-0.3, -0.25) is 9.59 Å². The molecular formula is C30H46N2O14S2. The molecule has 2 aromatic rings. The maximum absolute atomic E-state index is 11.0. The predicted octanol–water partition coefficient (Wildman–Crippen LogP) is 1.63. The summed E-state index contributed by atoms with van der Waals surface area (Å²) in [6.45, 7) is 6.52. The highest BCUT2D eigenvalue weighted by Crippen LogP contribution is 2.28. The van der Waals surface area contributed by atoms with Gasteiger partial charge >= 0.3 is 23.9 Å². The fourth-order valence-corrected chi connectivity index (χ4v) is 5.21. The summed E-state index contributed by atoms with van der Waals surface area (Å²) in [6.07, 6.45) is 0.594. The van der Waals surface area contributed by atoms with E-state index in [0.29, 0.717) is 34.9 Å². The maximum Gasteiger partial charge on any atom is 0.348 e. The molecule has 48 heavy (non-hydrogen) atoms. The number of hydrogen-bond acceptors (Lipinski definition) is 12. The fourth-order valence-electron chi connectivity index (χ4n) is 3.82. The Morgan fingerprint density at radius 1 is 0.646 bits per heavy atom. The zero-order valence-electron chi connectivity index (χ0n) is 28.8. The van der Waals surface area contributed by atoms with Gasteiger partial charge in [0.2, 0.25) is 11.2 Å². The Morgan fingerprint density at radius 2 is 0.917 bits per heavy atom. The molecule has 0 aliphatic carbocycles. The number of rotatable bonds is 12. The van der Waals surface area contributed by atoms with E-state index in [1.165, 1.54) is 52.0 Å². The molecule has 0 aliphatic heterocycles. The van der Waals surface area contributed by atoms with Crippen LogP contribution in [0.1, 0.15) is 40.5 Å². The van der Waals surface area contributed by atoms with Crippen LogP contribution in [0.5, 0.6) is 0 Å². The van der Waals surface area contributed by atoms with Crippen LogP contribution in [0.3, 0.4) is 0 Å². The lowest BCUT2D eigenvalue weighted by atomic mass is 10.0. The van der Waals surface area contributed by atoms with Crippen molar-refractivity contribution in [3.05, 3.63) is 36.4 Å². The van der Waals surface area contributed by atoms with Crippen LogP contribution in [0.25, 0.3) is 10.8 Å². The van der Waals surface area contributed by atoms with Gasteiger partial charge in [-0.15, -0.1) is 0 Å². The van der Waals surface area contributed by atoms with Crippen LogP contribution >= 0.6 is 0 Å². The lowest BCUT2D eigenvalue weighted by Crippen LogP contribution is -2.46. The summed E-state index contributed by atoms with van der Waals surface area (Å²) >= 11 is 0. The Hall–Kier alpha value is -3.68. The first-order valence-corrected chi connectivity index (χ1v) is 17.1. The van der Waals surface area contributed by atoms with E-state index in [9.17, 15) is 45.1 Å². The number of carbonyl (C=O) groups is 4. The first-order chi connectivity index (χ1) is 21.3. The largest absolute Gasteiger partial charge is 0.744 e. The van der Waals surface area contributed by atoms with Crippen molar-refractivity contribution >= 4 is 54.9 Å². The number of ether oxygens (including phenoxy) is 2. The molecule has 0 aliphatic rings. The number of aliphatic carboxylic acids is 2. The van der Waals surface area contributed by atoms with Gasteiger partial charge in [-0.05, 0) is 26.0 Å². The van der Waals surface area contributed by atoms with Gasteiger partial charge < -0.3 is 37.8 Å². The van der Waals surface area contributed by atoms with E-state index in [0.717, 1.165) is 12.1 Å². The Labute approximate surface area is 281 Å². The summed E-state index contributed by atoms with van der Waals surface area (Å²) in [5.41, 5.74) is -2.84. The van der Waals surface area contributed by atoms with Crippen molar-refractivity contribution in [2.75, 3.05) is 55.4 Å². The normalized spacial score (nSPS) is 14.5. The van der Waals surface area contributed by atoms with Gasteiger partial charge in [0.15, 0.2) is 0 Å². The number of quaternary nitrogens is 2. The molecule has 0 heterocycles. The van der Waals surface area contributed by atoms with E-state index in [2.05, 4.69) is 0 Å². The summed E-state index contributed by atoms with van der Waals surface area (Å²) in [4.78, 5) is 42.5. The van der Waals surface area contributed by atoms with Gasteiger partial charge in [-0.25, -0.2) is 26.4 Å². The lowest BCUT2D eigenvalue weighted by Gasteiger charge is -2.30. The molecule has 0 radical (unpaired) electrons. The first-order valence-electron chi connectivity index (χ1n) is 14.2. The van der Waals surface area contributed by atoms with E-state index in [1.807, 2.05) is 42.3 Å². The number of carboxylic acids is 2. The summed E-state index contributed by atoms with van der Waals surface area (Å²) in [7, 11) is 2.25. The molecule has 2 aromatic carbocycles. The molecule has 0 bridgehead atoms. The van der Waals surface area contributed by atoms with Gasteiger partial charge in [0, 0.05) is 37.5 Å². The van der Waals surface area contributed by atoms with Gasteiger partial charge in [0.25, 0.3) is 0 Å². The minimum atomic E-state index is -4.74. The highest BCUT2D eigenvalue weighted by molar-refractivity contribution is 7.86. The van der Waals surface area contributed by atoms with Crippen LogP contribution in [0.15, 0.2) is 46.2 Å². The fraction of sp³-hybridized carbons (Fsp3) is 0.533. The minimum Gasteiger partial charge on any atom is -0.744 e. The summed E-state index contributed by atoms with van der Waals surface area (Å²) in [6, 6.07) is 7.09. The van der Waals surface area contributed by atoms with Crippen molar-refractivity contribution in [2.24, 2.45) is 0 Å². The second-order valence-corrected chi connectivity index (χ2v) is 16.0. The molecule has 2 N–H and O–H groups in total. The zero-order valence-corrected chi connectivity index (χ0v) is 30.4. The van der Waals surface area contributed by atoms with E-state index >= 15 is 0 Å². The second kappa shape index (κ2) is 16.6. The molecule has 2 unspecified atom stereocenters. The minimum absolute atomic E-state index is 0.0792. The quantitative estimate of drug-likeness (QED) is 0.180. The van der Waals surface area contributed by atoms with Crippen molar-refractivity contribution in [1.29, 1.82) is 0 Å². The Balaban J connectivity index is 0.000000696. The molecule has 18 heteroatoms. The number of nitrogens with zero attached hydrogens (tertiary/aromatic N) is 2. The van der Waals surface area contributed by atoms with Crippen molar-refractivity contribution in [3.63, 3.8) is 0 Å². The highest BCUT2D eigenvalue weighted by Gasteiger charge is 2.39. The van der Waals surface area contributed by atoms with Gasteiger partial charge in [-0.1, -0.05) is 24.3 Å². The van der Waals surface area contributed by atoms with Crippen LogP contribution in [0, 0.1) is 0 Å². The average Bonchev–Trinajstić information content (AvgIpc) is 2.88. The van der Waals surface area contributed by atoms with Crippen molar-refractivity contribution < 1.29 is 73.8 Å². The highest BCUT2D eigenvalue weighted by atomic mass is 32.2. The third-order valence-electron chi connectivity index (χ3n) is 6.54. The number of fused-ring (bicyclic) bond motifs is 1. The molecule has 0 saturated heterocycles. The predicted molar refractivity (Wildman–Crippen MR) is 171 cm³/mol. The molecule has 0 amide bonds. The Kier molecular flexibility index (Phi) is 15.3. The van der Waals surface area contributed by atoms with E-state index < -0.39 is 65.1 Å². The number of carbonyl (C=O) groups excluding carboxylic acids is 2. The van der Waals surface area contributed by atoms with Crippen LogP contribution in [0.2, 0.25) is 0 Å².